The molecule has 0 bridgehead atoms. The molecule has 1 aliphatic carbocycles. The van der Waals surface area contributed by atoms with Gasteiger partial charge in [0.25, 0.3) is 0 Å². The van der Waals surface area contributed by atoms with E-state index in [2.05, 4.69) is 9.80 Å². The Morgan fingerprint density at radius 3 is 2.61 bits per heavy atom. The molecule has 3 aliphatic rings. The summed E-state index contributed by atoms with van der Waals surface area (Å²) >= 11 is 1.64. The van der Waals surface area contributed by atoms with E-state index in [1.807, 2.05) is 17.9 Å². The number of benzene rings is 1. The van der Waals surface area contributed by atoms with E-state index in [0.717, 1.165) is 73.6 Å². The van der Waals surface area contributed by atoms with Gasteiger partial charge in [-0.25, -0.2) is 9.78 Å². The van der Waals surface area contributed by atoms with Gasteiger partial charge in [0.05, 0.1) is 17.8 Å². The summed E-state index contributed by atoms with van der Waals surface area (Å²) in [5.74, 6) is -0.660. The topological polar surface area (TPSA) is 77.0 Å². The minimum Gasteiger partial charge on any atom is -0.478 e. The smallest absolute Gasteiger partial charge is 0.335 e. The van der Waals surface area contributed by atoms with Crippen LogP contribution in [0.5, 0.6) is 0 Å². The first-order chi connectivity index (χ1) is 16.0. The number of carbonyl (C=O) groups is 2. The second-order valence-electron chi connectivity index (χ2n) is 9.34. The van der Waals surface area contributed by atoms with Crippen LogP contribution in [0, 0.1) is 0 Å². The van der Waals surface area contributed by atoms with Crippen LogP contribution in [-0.4, -0.2) is 82.0 Å². The molecule has 0 atom stereocenters. The standard InChI is InChI=1S/C25H32N4O3S/c1-2-18-19(7-4-8-20(18)25(31)32)24-26-21-9-10-27(15-22(21)33-24)16-23(30)29-13-11-28(12-14-29)17-5-3-6-17/h4,7-8,17H,2-3,5-6,9-16H2,1H3,(H,31,32). The van der Waals surface area contributed by atoms with E-state index in [9.17, 15) is 14.7 Å². The predicted octanol–water partition coefficient (Wildman–Crippen LogP) is 3.13. The lowest BCUT2D eigenvalue weighted by Crippen LogP contribution is -2.55. The summed E-state index contributed by atoms with van der Waals surface area (Å²) in [6.07, 6.45) is 5.47. The lowest BCUT2D eigenvalue weighted by Gasteiger charge is -2.43. The number of fused-ring (bicyclic) bond motifs is 1. The van der Waals surface area contributed by atoms with Crippen molar-refractivity contribution >= 4 is 23.2 Å². The monoisotopic (exact) mass is 468 g/mol. The quantitative estimate of drug-likeness (QED) is 0.702. The summed E-state index contributed by atoms with van der Waals surface area (Å²) in [5.41, 5.74) is 3.20. The number of piperazine rings is 1. The molecule has 0 spiro atoms. The Kier molecular flexibility index (Phi) is 6.49. The van der Waals surface area contributed by atoms with Crippen LogP contribution >= 0.6 is 11.3 Å². The minimum absolute atomic E-state index is 0.235. The van der Waals surface area contributed by atoms with E-state index in [4.69, 9.17) is 4.98 Å². The molecule has 8 heteroatoms. The van der Waals surface area contributed by atoms with Gasteiger partial charge in [0, 0.05) is 62.2 Å². The molecule has 7 nitrogen and oxygen atoms in total. The van der Waals surface area contributed by atoms with Crippen molar-refractivity contribution in [2.75, 3.05) is 39.3 Å². The summed E-state index contributed by atoms with van der Waals surface area (Å²) in [6, 6.07) is 6.19. The minimum atomic E-state index is -0.895. The molecule has 1 N–H and O–H groups in total. The Bertz CT molecular complexity index is 1040. The van der Waals surface area contributed by atoms with Crippen molar-refractivity contribution in [3.8, 4) is 10.6 Å². The number of rotatable bonds is 6. The Balaban J connectivity index is 1.23. The van der Waals surface area contributed by atoms with E-state index in [-0.39, 0.29) is 5.91 Å². The number of carboxylic acids is 1. The number of hydrogen-bond donors (Lipinski definition) is 1. The fraction of sp³-hybridized carbons (Fsp3) is 0.560. The van der Waals surface area contributed by atoms with Crippen LogP contribution in [0.15, 0.2) is 18.2 Å². The molecule has 176 valence electrons. The molecule has 0 radical (unpaired) electrons. The van der Waals surface area contributed by atoms with Crippen LogP contribution in [0.25, 0.3) is 10.6 Å². The van der Waals surface area contributed by atoms with E-state index in [1.54, 1.807) is 23.5 Å². The van der Waals surface area contributed by atoms with Gasteiger partial charge in [-0.05, 0) is 30.9 Å². The van der Waals surface area contributed by atoms with Crippen LogP contribution in [0.3, 0.4) is 0 Å². The highest BCUT2D eigenvalue weighted by Crippen LogP contribution is 2.35. The zero-order valence-electron chi connectivity index (χ0n) is 19.3. The maximum atomic E-state index is 12.9. The van der Waals surface area contributed by atoms with Gasteiger partial charge in [-0.15, -0.1) is 11.3 Å². The summed E-state index contributed by atoms with van der Waals surface area (Å²) in [4.78, 5) is 37.5. The first-order valence-corrected chi connectivity index (χ1v) is 12.9. The number of nitrogens with zero attached hydrogens (tertiary/aromatic N) is 4. The van der Waals surface area contributed by atoms with E-state index in [1.165, 1.54) is 24.1 Å². The first-order valence-electron chi connectivity index (χ1n) is 12.1. The zero-order valence-corrected chi connectivity index (χ0v) is 20.1. The van der Waals surface area contributed by atoms with Crippen LogP contribution in [-0.2, 0) is 24.2 Å². The van der Waals surface area contributed by atoms with Crippen molar-refractivity contribution < 1.29 is 14.7 Å². The first kappa shape index (κ1) is 22.5. The molecule has 33 heavy (non-hydrogen) atoms. The Morgan fingerprint density at radius 1 is 1.15 bits per heavy atom. The average Bonchev–Trinajstić information content (AvgIpc) is 3.21. The zero-order chi connectivity index (χ0) is 22.9. The fourth-order valence-electron chi connectivity index (χ4n) is 5.25. The highest BCUT2D eigenvalue weighted by atomic mass is 32.1. The largest absolute Gasteiger partial charge is 0.478 e. The number of carboxylic acid groups (broad SMARTS) is 1. The van der Waals surface area contributed by atoms with Crippen molar-refractivity contribution in [3.05, 3.63) is 39.9 Å². The normalized spacial score (nSPS) is 19.8. The van der Waals surface area contributed by atoms with Crippen LogP contribution < -0.4 is 0 Å². The summed E-state index contributed by atoms with van der Waals surface area (Å²) in [5, 5.41) is 10.4. The van der Waals surface area contributed by atoms with E-state index in [0.29, 0.717) is 18.5 Å². The second kappa shape index (κ2) is 9.52. The molecule has 2 aromatic rings. The molecule has 2 aliphatic heterocycles. The van der Waals surface area contributed by atoms with Gasteiger partial charge in [0.1, 0.15) is 5.01 Å². The Hall–Kier alpha value is -2.29. The fourth-order valence-corrected chi connectivity index (χ4v) is 6.45. The Labute approximate surface area is 199 Å². The summed E-state index contributed by atoms with van der Waals surface area (Å²) < 4.78 is 0. The molecular formula is C25H32N4O3S. The molecular weight excluding hydrogens is 436 g/mol. The number of aromatic carboxylic acids is 1. The van der Waals surface area contributed by atoms with Crippen molar-refractivity contribution in [1.29, 1.82) is 0 Å². The second-order valence-corrected chi connectivity index (χ2v) is 10.4. The maximum Gasteiger partial charge on any atom is 0.335 e. The van der Waals surface area contributed by atoms with E-state index >= 15 is 0 Å². The van der Waals surface area contributed by atoms with Crippen LogP contribution in [0.4, 0.5) is 0 Å². The molecule has 3 heterocycles. The van der Waals surface area contributed by atoms with Gasteiger partial charge in [0.2, 0.25) is 5.91 Å². The maximum absolute atomic E-state index is 12.9. The number of aromatic nitrogens is 1. The number of carbonyl (C=O) groups excluding carboxylic acids is 1. The molecule has 1 amide bonds. The van der Waals surface area contributed by atoms with Crippen molar-refractivity contribution in [2.24, 2.45) is 0 Å². The molecule has 1 saturated heterocycles. The molecule has 1 saturated carbocycles. The third kappa shape index (κ3) is 4.56. The number of amides is 1. The van der Waals surface area contributed by atoms with Crippen molar-refractivity contribution in [3.63, 3.8) is 0 Å². The lowest BCUT2D eigenvalue weighted by molar-refractivity contribution is -0.135. The predicted molar refractivity (Wildman–Crippen MR) is 129 cm³/mol. The van der Waals surface area contributed by atoms with Crippen LogP contribution in [0.2, 0.25) is 0 Å². The third-order valence-electron chi connectivity index (χ3n) is 7.42. The van der Waals surface area contributed by atoms with E-state index < -0.39 is 5.97 Å². The number of thiazole rings is 1. The van der Waals surface area contributed by atoms with Gasteiger partial charge < -0.3 is 10.0 Å². The SMILES string of the molecule is CCc1c(C(=O)O)cccc1-c1nc2c(s1)CN(CC(=O)N1CCN(C3CCC3)CC1)CC2. The molecule has 2 fully saturated rings. The van der Waals surface area contributed by atoms with Crippen LogP contribution in [0.1, 0.15) is 52.7 Å². The van der Waals surface area contributed by atoms with Gasteiger partial charge in [0.15, 0.2) is 0 Å². The van der Waals surface area contributed by atoms with Gasteiger partial charge in [-0.2, -0.15) is 0 Å². The number of hydrogen-bond acceptors (Lipinski definition) is 6. The highest BCUT2D eigenvalue weighted by molar-refractivity contribution is 7.15. The molecule has 1 aromatic carbocycles. The molecule has 0 unspecified atom stereocenters. The summed E-state index contributed by atoms with van der Waals surface area (Å²) in [6.45, 7) is 7.73. The highest BCUT2D eigenvalue weighted by Gasteiger charge is 2.30. The lowest BCUT2D eigenvalue weighted by atomic mass is 9.91. The van der Waals surface area contributed by atoms with Crippen molar-refractivity contribution in [2.45, 2.75) is 51.6 Å². The van der Waals surface area contributed by atoms with Gasteiger partial charge >= 0.3 is 5.97 Å². The third-order valence-corrected chi connectivity index (χ3v) is 8.53. The van der Waals surface area contributed by atoms with Crippen molar-refractivity contribution in [1.82, 2.24) is 19.7 Å². The molecule has 5 rings (SSSR count). The average molecular weight is 469 g/mol. The molecule has 1 aromatic heterocycles. The Morgan fingerprint density at radius 2 is 1.94 bits per heavy atom. The van der Waals surface area contributed by atoms with Gasteiger partial charge in [-0.3, -0.25) is 14.6 Å². The summed E-state index contributed by atoms with van der Waals surface area (Å²) in [7, 11) is 0. The van der Waals surface area contributed by atoms with Gasteiger partial charge in [-0.1, -0.05) is 25.5 Å².